The molecule has 0 aromatic carbocycles. The highest BCUT2D eigenvalue weighted by molar-refractivity contribution is 4.65. The molecule has 7 heavy (non-hydrogen) atoms. The Morgan fingerprint density at radius 3 is 2.43 bits per heavy atom. The van der Waals surface area contributed by atoms with Crippen molar-refractivity contribution in [1.82, 2.24) is 5.32 Å². The molecular weight excluding hydrogens is 86.1 g/mol. The molecule has 0 aromatic rings. The molecule has 0 aliphatic carbocycles. The highest BCUT2D eigenvalue weighted by atomic mass is 14.9. The molecule has 1 heteroatoms. The predicted molar refractivity (Wildman–Crippen MR) is 33.4 cm³/mol. The van der Waals surface area contributed by atoms with E-state index in [1.807, 2.05) is 0 Å². The zero-order valence-corrected chi connectivity index (χ0v) is 4.20. The molecule has 0 radical (unpaired) electrons. The maximum absolute atomic E-state index is 3.27. The molecule has 1 atom stereocenters. The van der Waals surface area contributed by atoms with Crippen LogP contribution in [0.5, 0.6) is 0 Å². The average Bonchev–Trinajstić information content (AvgIpc) is 1.86. The topological polar surface area (TPSA) is 12.0 Å². The summed E-state index contributed by atoms with van der Waals surface area (Å²) in [5, 5.41) is 3.27. The lowest BCUT2D eigenvalue weighted by Crippen LogP contribution is -2.06. The van der Waals surface area contributed by atoms with Crippen molar-refractivity contribution in [3.63, 3.8) is 0 Å². The minimum atomic E-state index is 0. The number of nitrogens with one attached hydrogen (secondary N) is 1. The third kappa shape index (κ3) is 1.93. The van der Waals surface area contributed by atoms with Gasteiger partial charge in [-0.1, -0.05) is 14.4 Å². The van der Waals surface area contributed by atoms with Gasteiger partial charge in [-0.2, -0.15) is 0 Å². The maximum Gasteiger partial charge on any atom is -0.00227 e. The summed E-state index contributed by atoms with van der Waals surface area (Å²) in [5.41, 5.74) is 0. The van der Waals surface area contributed by atoms with Crippen LogP contribution in [-0.2, 0) is 0 Å². The average molecular weight is 101 g/mol. The second kappa shape index (κ2) is 3.03. The van der Waals surface area contributed by atoms with Crippen molar-refractivity contribution in [3.8, 4) is 0 Å². The van der Waals surface area contributed by atoms with Crippen LogP contribution in [0.3, 0.4) is 0 Å². The molecule has 1 saturated heterocycles. The monoisotopic (exact) mass is 101 g/mol. The van der Waals surface area contributed by atoms with Crippen molar-refractivity contribution in [2.24, 2.45) is 5.92 Å². The molecule has 0 spiro atoms. The minimum absolute atomic E-state index is 0. The fraction of sp³-hybridized carbons (Fsp3) is 1.00. The normalized spacial score (nSPS) is 29.6. The van der Waals surface area contributed by atoms with Crippen LogP contribution in [-0.4, -0.2) is 13.1 Å². The smallest absolute Gasteiger partial charge is 0.00227 e. The Labute approximate surface area is 46.1 Å². The van der Waals surface area contributed by atoms with Gasteiger partial charge in [-0.25, -0.2) is 0 Å². The molecule has 1 N–H and O–H groups in total. The summed E-state index contributed by atoms with van der Waals surface area (Å²) in [4.78, 5) is 0. The summed E-state index contributed by atoms with van der Waals surface area (Å²) in [7, 11) is 0. The van der Waals surface area contributed by atoms with Gasteiger partial charge in [-0.3, -0.25) is 0 Å². The molecule has 1 aliphatic heterocycles. The SMILES string of the molecule is C.CC1CCNC1. The summed E-state index contributed by atoms with van der Waals surface area (Å²) >= 11 is 0. The van der Waals surface area contributed by atoms with Gasteiger partial charge in [-0.15, -0.1) is 0 Å². The van der Waals surface area contributed by atoms with Crippen molar-refractivity contribution < 1.29 is 0 Å². The molecule has 1 rings (SSSR count). The second-order valence-corrected chi connectivity index (χ2v) is 2.10. The zero-order valence-electron chi connectivity index (χ0n) is 4.20. The summed E-state index contributed by atoms with van der Waals surface area (Å²) in [5.74, 6) is 0.935. The van der Waals surface area contributed by atoms with Gasteiger partial charge < -0.3 is 5.32 Å². The lowest BCUT2D eigenvalue weighted by molar-refractivity contribution is 0.651. The van der Waals surface area contributed by atoms with Gasteiger partial charge in [0.25, 0.3) is 0 Å². The van der Waals surface area contributed by atoms with Crippen LogP contribution in [0.1, 0.15) is 20.8 Å². The van der Waals surface area contributed by atoms with E-state index in [2.05, 4.69) is 12.2 Å². The molecule has 1 aliphatic rings. The van der Waals surface area contributed by atoms with Gasteiger partial charge in [0.05, 0.1) is 0 Å². The Morgan fingerprint density at radius 1 is 1.57 bits per heavy atom. The molecule has 0 saturated carbocycles. The summed E-state index contributed by atoms with van der Waals surface area (Å²) in [6.07, 6.45) is 1.38. The Bertz CT molecular complexity index is 37.4. The largest absolute Gasteiger partial charge is 0.316 e. The van der Waals surface area contributed by atoms with Crippen LogP contribution in [0.25, 0.3) is 0 Å². The highest BCUT2D eigenvalue weighted by Crippen LogP contribution is 2.03. The molecule has 1 fully saturated rings. The lowest BCUT2D eigenvalue weighted by Gasteiger charge is -1.90. The molecular formula is C6H15N. The van der Waals surface area contributed by atoms with Gasteiger partial charge in [-0.05, 0) is 25.4 Å². The Balaban J connectivity index is 0.000000360. The molecule has 0 amide bonds. The lowest BCUT2D eigenvalue weighted by atomic mass is 10.2. The van der Waals surface area contributed by atoms with E-state index >= 15 is 0 Å². The molecule has 0 bridgehead atoms. The van der Waals surface area contributed by atoms with Gasteiger partial charge >= 0.3 is 0 Å². The Kier molecular flexibility index (Phi) is 3.01. The fourth-order valence-corrected chi connectivity index (χ4v) is 0.799. The molecule has 44 valence electrons. The standard InChI is InChI=1S/C5H11N.CH4/c1-5-2-3-6-4-5;/h5-6H,2-4H2,1H3;1H4. The number of hydrogen-bond donors (Lipinski definition) is 1. The van der Waals surface area contributed by atoms with E-state index in [0.717, 1.165) is 5.92 Å². The van der Waals surface area contributed by atoms with Crippen molar-refractivity contribution in [2.45, 2.75) is 20.8 Å². The zero-order chi connectivity index (χ0) is 4.41. The minimum Gasteiger partial charge on any atom is -0.316 e. The third-order valence-corrected chi connectivity index (χ3v) is 1.31. The van der Waals surface area contributed by atoms with Gasteiger partial charge in [0, 0.05) is 0 Å². The van der Waals surface area contributed by atoms with E-state index in [-0.39, 0.29) is 7.43 Å². The van der Waals surface area contributed by atoms with E-state index in [0.29, 0.717) is 0 Å². The van der Waals surface area contributed by atoms with Crippen LogP contribution < -0.4 is 5.32 Å². The quantitative estimate of drug-likeness (QED) is 0.484. The number of rotatable bonds is 0. The van der Waals surface area contributed by atoms with E-state index in [4.69, 9.17) is 0 Å². The van der Waals surface area contributed by atoms with E-state index < -0.39 is 0 Å². The van der Waals surface area contributed by atoms with Crippen molar-refractivity contribution >= 4 is 0 Å². The first kappa shape index (κ1) is 6.96. The van der Waals surface area contributed by atoms with Gasteiger partial charge in [0.2, 0.25) is 0 Å². The third-order valence-electron chi connectivity index (χ3n) is 1.31. The highest BCUT2D eigenvalue weighted by Gasteiger charge is 2.06. The summed E-state index contributed by atoms with van der Waals surface area (Å²) in [6.45, 7) is 4.75. The molecule has 1 unspecified atom stereocenters. The summed E-state index contributed by atoms with van der Waals surface area (Å²) < 4.78 is 0. The van der Waals surface area contributed by atoms with Crippen LogP contribution in [0.15, 0.2) is 0 Å². The van der Waals surface area contributed by atoms with Crippen LogP contribution in [0, 0.1) is 5.92 Å². The van der Waals surface area contributed by atoms with Gasteiger partial charge in [0.15, 0.2) is 0 Å². The Morgan fingerprint density at radius 2 is 2.29 bits per heavy atom. The fourth-order valence-electron chi connectivity index (χ4n) is 0.799. The first-order chi connectivity index (χ1) is 2.89. The van der Waals surface area contributed by atoms with E-state index in [1.54, 1.807) is 0 Å². The van der Waals surface area contributed by atoms with Crippen molar-refractivity contribution in [2.75, 3.05) is 13.1 Å². The first-order valence-electron chi connectivity index (χ1n) is 2.60. The van der Waals surface area contributed by atoms with Gasteiger partial charge in [0.1, 0.15) is 0 Å². The van der Waals surface area contributed by atoms with Crippen LogP contribution in [0.2, 0.25) is 0 Å². The van der Waals surface area contributed by atoms with E-state index in [1.165, 1.54) is 19.5 Å². The Hall–Kier alpha value is -0.0400. The molecule has 1 heterocycles. The van der Waals surface area contributed by atoms with Crippen LogP contribution >= 0.6 is 0 Å². The maximum atomic E-state index is 3.27. The van der Waals surface area contributed by atoms with Crippen molar-refractivity contribution in [1.29, 1.82) is 0 Å². The van der Waals surface area contributed by atoms with Crippen LogP contribution in [0.4, 0.5) is 0 Å². The molecule has 0 aromatic heterocycles. The summed E-state index contributed by atoms with van der Waals surface area (Å²) in [6, 6.07) is 0. The molecule has 1 nitrogen and oxygen atoms in total. The van der Waals surface area contributed by atoms with E-state index in [9.17, 15) is 0 Å². The van der Waals surface area contributed by atoms with Crippen molar-refractivity contribution in [3.05, 3.63) is 0 Å². The second-order valence-electron chi connectivity index (χ2n) is 2.10. The first-order valence-corrected chi connectivity index (χ1v) is 2.60. The predicted octanol–water partition coefficient (Wildman–Crippen LogP) is 1.25. The number of hydrogen-bond acceptors (Lipinski definition) is 1.